The number of carbonyl (C=O) groups is 3. The van der Waals surface area contributed by atoms with Crippen molar-refractivity contribution in [2.75, 3.05) is 7.11 Å². The first-order valence-electron chi connectivity index (χ1n) is 8.90. The molecular formula is C20H30N2O6. The number of carbonyl (C=O) groups excluding carboxylic acids is 3. The maximum absolute atomic E-state index is 12.4. The molecule has 2 atom stereocenters. The Kier molecular flexibility index (Phi) is 7.58. The van der Waals surface area contributed by atoms with E-state index in [4.69, 9.17) is 15.2 Å². The lowest BCUT2D eigenvalue weighted by Crippen LogP contribution is -2.48. The molecule has 1 aromatic carbocycles. The number of hydrogen-bond acceptors (Lipinski definition) is 7. The van der Waals surface area contributed by atoms with Crippen LogP contribution in [0.3, 0.4) is 0 Å². The molecule has 8 heteroatoms. The van der Waals surface area contributed by atoms with Crippen LogP contribution in [0.5, 0.6) is 0 Å². The van der Waals surface area contributed by atoms with Crippen LogP contribution in [0.25, 0.3) is 0 Å². The monoisotopic (exact) mass is 394 g/mol. The third-order valence-corrected chi connectivity index (χ3v) is 3.40. The quantitative estimate of drug-likeness (QED) is 0.582. The van der Waals surface area contributed by atoms with Crippen LogP contribution in [0.4, 0.5) is 4.79 Å². The number of alkyl carbamates (subject to hydrolysis) is 1. The summed E-state index contributed by atoms with van der Waals surface area (Å²) in [6, 6.07) is 4.10. The molecule has 156 valence electrons. The fraction of sp³-hybridized carbons (Fsp3) is 0.550. The lowest BCUT2D eigenvalue weighted by molar-refractivity contribution is -0.157. The van der Waals surface area contributed by atoms with Crippen molar-refractivity contribution in [1.82, 2.24) is 5.32 Å². The molecule has 0 radical (unpaired) electrons. The molecule has 8 nitrogen and oxygen atoms in total. The van der Waals surface area contributed by atoms with Crippen LogP contribution in [0.2, 0.25) is 0 Å². The first-order valence-corrected chi connectivity index (χ1v) is 8.90. The molecule has 1 aromatic rings. The summed E-state index contributed by atoms with van der Waals surface area (Å²) in [4.78, 5) is 36.3. The highest BCUT2D eigenvalue weighted by atomic mass is 16.6. The topological polar surface area (TPSA) is 117 Å². The van der Waals surface area contributed by atoms with Gasteiger partial charge in [0, 0.05) is 0 Å². The van der Waals surface area contributed by atoms with E-state index < -0.39 is 41.3 Å². The molecule has 0 heterocycles. The van der Waals surface area contributed by atoms with Crippen molar-refractivity contribution in [2.24, 2.45) is 5.73 Å². The zero-order chi connectivity index (χ0) is 21.7. The molecule has 0 aliphatic rings. The van der Waals surface area contributed by atoms with Gasteiger partial charge in [-0.25, -0.2) is 9.59 Å². The van der Waals surface area contributed by atoms with E-state index in [9.17, 15) is 14.4 Å². The number of methoxy groups -OCH3 is 1. The second-order valence-corrected chi connectivity index (χ2v) is 8.30. The maximum Gasteiger partial charge on any atom is 0.408 e. The van der Waals surface area contributed by atoms with E-state index in [1.54, 1.807) is 53.7 Å². The molecule has 28 heavy (non-hydrogen) atoms. The zero-order valence-electron chi connectivity index (χ0n) is 17.5. The Morgan fingerprint density at radius 3 is 1.86 bits per heavy atom. The molecular weight excluding hydrogens is 364 g/mol. The van der Waals surface area contributed by atoms with Crippen LogP contribution in [-0.2, 0) is 19.0 Å². The molecule has 0 unspecified atom stereocenters. The molecule has 0 aliphatic carbocycles. The second kappa shape index (κ2) is 9.05. The van der Waals surface area contributed by atoms with E-state index in [0.29, 0.717) is 11.1 Å². The molecule has 3 N–H and O–H groups in total. The maximum atomic E-state index is 12.4. The largest absolute Gasteiger partial charge is 0.465 e. The van der Waals surface area contributed by atoms with E-state index in [1.807, 2.05) is 0 Å². The van der Waals surface area contributed by atoms with Gasteiger partial charge in [0.25, 0.3) is 0 Å². The fourth-order valence-electron chi connectivity index (χ4n) is 2.27. The highest BCUT2D eigenvalue weighted by molar-refractivity contribution is 5.89. The minimum Gasteiger partial charge on any atom is -0.465 e. The molecule has 0 fully saturated rings. The van der Waals surface area contributed by atoms with Gasteiger partial charge in [-0.2, -0.15) is 0 Å². The van der Waals surface area contributed by atoms with Gasteiger partial charge in [-0.3, -0.25) is 4.79 Å². The number of amides is 1. The van der Waals surface area contributed by atoms with Gasteiger partial charge < -0.3 is 25.3 Å². The van der Waals surface area contributed by atoms with Gasteiger partial charge in [0.1, 0.15) is 17.2 Å². The third-order valence-electron chi connectivity index (χ3n) is 3.40. The van der Waals surface area contributed by atoms with E-state index in [0.717, 1.165) is 0 Å². The standard InChI is InChI=1S/C20H30N2O6/c1-19(2,3)27-17(24)14(21)15(22-18(25)28-20(4,5)6)12-8-10-13(11-9-12)16(23)26-7/h8-11,14-15H,21H2,1-7H3,(H,22,25)/t14-,15-/m1/s1. The Morgan fingerprint density at radius 1 is 0.929 bits per heavy atom. The summed E-state index contributed by atoms with van der Waals surface area (Å²) in [5.41, 5.74) is 5.48. The number of nitrogens with two attached hydrogens (primary N) is 1. The van der Waals surface area contributed by atoms with Gasteiger partial charge >= 0.3 is 18.0 Å². The Balaban J connectivity index is 3.14. The third kappa shape index (κ3) is 7.56. The van der Waals surface area contributed by atoms with Crippen molar-refractivity contribution < 1.29 is 28.6 Å². The SMILES string of the molecule is COC(=O)c1ccc([C@@H](NC(=O)OC(C)(C)C)[C@@H](N)C(=O)OC(C)(C)C)cc1. The molecule has 1 rings (SSSR count). The fourth-order valence-corrected chi connectivity index (χ4v) is 2.27. The molecule has 0 bridgehead atoms. The predicted molar refractivity (Wildman–Crippen MR) is 104 cm³/mol. The van der Waals surface area contributed by atoms with Crippen LogP contribution in [0.15, 0.2) is 24.3 Å². The van der Waals surface area contributed by atoms with Gasteiger partial charge in [-0.1, -0.05) is 12.1 Å². The lowest BCUT2D eigenvalue weighted by atomic mass is 9.98. The van der Waals surface area contributed by atoms with E-state index in [1.165, 1.54) is 19.2 Å². The van der Waals surface area contributed by atoms with Crippen LogP contribution in [0.1, 0.15) is 63.5 Å². The number of rotatable bonds is 5. The summed E-state index contributed by atoms with van der Waals surface area (Å²) >= 11 is 0. The van der Waals surface area contributed by atoms with Crippen molar-refractivity contribution in [1.29, 1.82) is 0 Å². The Hall–Kier alpha value is -2.61. The van der Waals surface area contributed by atoms with Crippen LogP contribution in [-0.4, -0.2) is 42.4 Å². The van der Waals surface area contributed by atoms with E-state index in [-0.39, 0.29) is 0 Å². The number of esters is 2. The first-order chi connectivity index (χ1) is 12.7. The minimum atomic E-state index is -1.18. The smallest absolute Gasteiger partial charge is 0.408 e. The first kappa shape index (κ1) is 23.4. The summed E-state index contributed by atoms with van der Waals surface area (Å²) in [6.07, 6.45) is -0.728. The second-order valence-electron chi connectivity index (χ2n) is 8.30. The Bertz CT molecular complexity index is 701. The van der Waals surface area contributed by atoms with Crippen LogP contribution >= 0.6 is 0 Å². The van der Waals surface area contributed by atoms with E-state index >= 15 is 0 Å². The Morgan fingerprint density at radius 2 is 1.43 bits per heavy atom. The molecule has 0 aliphatic heterocycles. The van der Waals surface area contributed by atoms with Crippen molar-refractivity contribution in [2.45, 2.75) is 64.8 Å². The highest BCUT2D eigenvalue weighted by Gasteiger charge is 2.32. The van der Waals surface area contributed by atoms with Gasteiger partial charge in [0.15, 0.2) is 0 Å². The summed E-state index contributed by atoms with van der Waals surface area (Å²) in [5.74, 6) is -1.18. The summed E-state index contributed by atoms with van der Waals surface area (Å²) in [6.45, 7) is 10.3. The zero-order valence-corrected chi connectivity index (χ0v) is 17.5. The van der Waals surface area contributed by atoms with Gasteiger partial charge in [-0.15, -0.1) is 0 Å². The molecule has 0 saturated heterocycles. The van der Waals surface area contributed by atoms with Crippen molar-refractivity contribution in [3.63, 3.8) is 0 Å². The lowest BCUT2D eigenvalue weighted by Gasteiger charge is -2.29. The number of benzene rings is 1. The van der Waals surface area contributed by atoms with Gasteiger partial charge in [0.05, 0.1) is 18.7 Å². The van der Waals surface area contributed by atoms with Gasteiger partial charge in [-0.05, 0) is 59.2 Å². The highest BCUT2D eigenvalue weighted by Crippen LogP contribution is 2.21. The van der Waals surface area contributed by atoms with Crippen LogP contribution in [0, 0.1) is 0 Å². The molecule has 1 amide bonds. The van der Waals surface area contributed by atoms with Crippen molar-refractivity contribution >= 4 is 18.0 Å². The summed E-state index contributed by atoms with van der Waals surface area (Å²) < 4.78 is 15.3. The van der Waals surface area contributed by atoms with E-state index in [2.05, 4.69) is 10.1 Å². The van der Waals surface area contributed by atoms with Crippen molar-refractivity contribution in [3.8, 4) is 0 Å². The molecule has 0 saturated carbocycles. The number of hydrogen-bond donors (Lipinski definition) is 2. The van der Waals surface area contributed by atoms with Crippen molar-refractivity contribution in [3.05, 3.63) is 35.4 Å². The van der Waals surface area contributed by atoms with Gasteiger partial charge in [0.2, 0.25) is 0 Å². The average Bonchev–Trinajstić information content (AvgIpc) is 2.55. The normalized spacial score (nSPS) is 13.9. The summed E-state index contributed by atoms with van der Waals surface area (Å²) in [7, 11) is 1.28. The average molecular weight is 394 g/mol. The number of ether oxygens (including phenoxy) is 3. The number of nitrogens with one attached hydrogen (secondary N) is 1. The summed E-state index contributed by atoms with van der Waals surface area (Å²) in [5, 5.41) is 2.62. The van der Waals surface area contributed by atoms with Crippen LogP contribution < -0.4 is 11.1 Å². The predicted octanol–water partition coefficient (Wildman–Crippen LogP) is 2.71. The minimum absolute atomic E-state index is 0.327. The molecule has 0 spiro atoms. The molecule has 0 aromatic heterocycles. The Labute approximate surface area is 165 Å².